The smallest absolute Gasteiger partial charge is 0.141 e. The molecule has 102 valence electrons. The second-order valence-electron chi connectivity index (χ2n) is 5.04. The normalized spacial score (nSPS) is 20.2. The van der Waals surface area contributed by atoms with E-state index >= 15 is 0 Å². The third-order valence-electron chi connectivity index (χ3n) is 3.60. The Kier molecular flexibility index (Phi) is 3.67. The molecule has 0 aromatic carbocycles. The first kappa shape index (κ1) is 13.2. The van der Waals surface area contributed by atoms with E-state index in [9.17, 15) is 0 Å². The molecule has 0 radical (unpaired) electrons. The van der Waals surface area contributed by atoms with Gasteiger partial charge in [-0.2, -0.15) is 11.8 Å². The predicted octanol–water partition coefficient (Wildman–Crippen LogP) is 3.64. The maximum absolute atomic E-state index is 4.74. The number of nitrogens with zero attached hydrogens (tertiary/aromatic N) is 3. The largest absolute Gasteiger partial charge is 0.354 e. The fraction of sp³-hybridized carbons (Fsp3) is 0.571. The molecule has 0 amide bonds. The molecule has 3 rings (SSSR count). The lowest BCUT2D eigenvalue weighted by Gasteiger charge is -2.33. The van der Waals surface area contributed by atoms with Gasteiger partial charge < -0.3 is 4.90 Å². The number of aromatic nitrogens is 2. The number of anilines is 1. The van der Waals surface area contributed by atoms with Gasteiger partial charge in [0.25, 0.3) is 0 Å². The van der Waals surface area contributed by atoms with Crippen LogP contribution in [0.5, 0.6) is 0 Å². The summed E-state index contributed by atoms with van der Waals surface area (Å²) in [5.74, 6) is 3.24. The quantitative estimate of drug-likeness (QED) is 0.845. The molecule has 5 heteroatoms. The van der Waals surface area contributed by atoms with E-state index in [0.29, 0.717) is 0 Å². The van der Waals surface area contributed by atoms with Gasteiger partial charge in [0.2, 0.25) is 0 Å². The average Bonchev–Trinajstić information content (AvgIpc) is 2.79. The van der Waals surface area contributed by atoms with E-state index in [1.54, 1.807) is 11.3 Å². The van der Waals surface area contributed by atoms with Gasteiger partial charge in [-0.15, -0.1) is 11.3 Å². The number of fused-ring (bicyclic) bond motifs is 1. The zero-order chi connectivity index (χ0) is 13.4. The number of thioether (sulfide) groups is 1. The van der Waals surface area contributed by atoms with E-state index in [1.165, 1.54) is 23.1 Å². The molecular weight excluding hydrogens is 274 g/mol. The molecule has 2 aromatic heterocycles. The molecule has 0 aliphatic carbocycles. The van der Waals surface area contributed by atoms with Crippen molar-refractivity contribution < 1.29 is 0 Å². The van der Waals surface area contributed by atoms with Crippen molar-refractivity contribution in [3.63, 3.8) is 0 Å². The van der Waals surface area contributed by atoms with Crippen molar-refractivity contribution >= 4 is 39.1 Å². The second kappa shape index (κ2) is 5.29. The van der Waals surface area contributed by atoms with Crippen LogP contribution >= 0.6 is 23.1 Å². The Morgan fingerprint density at radius 3 is 3.00 bits per heavy atom. The standard InChI is InChI=1S/C14H19N3S2/c1-4-11-7-17(5-6-18-11)13-12-9(2)8-19-14(12)16-10(3)15-13/h8,11H,4-7H2,1-3H3. The monoisotopic (exact) mass is 293 g/mol. The van der Waals surface area contributed by atoms with E-state index in [-0.39, 0.29) is 0 Å². The Balaban J connectivity index is 2.05. The van der Waals surface area contributed by atoms with Gasteiger partial charge in [-0.1, -0.05) is 6.92 Å². The summed E-state index contributed by atoms with van der Waals surface area (Å²) >= 11 is 3.82. The van der Waals surface area contributed by atoms with Crippen LogP contribution in [-0.4, -0.2) is 34.1 Å². The van der Waals surface area contributed by atoms with Crippen LogP contribution in [0.2, 0.25) is 0 Å². The summed E-state index contributed by atoms with van der Waals surface area (Å²) in [7, 11) is 0. The summed E-state index contributed by atoms with van der Waals surface area (Å²) in [5, 5.41) is 4.19. The van der Waals surface area contributed by atoms with Crippen molar-refractivity contribution in [1.82, 2.24) is 9.97 Å². The molecule has 1 atom stereocenters. The van der Waals surface area contributed by atoms with Crippen LogP contribution in [0, 0.1) is 13.8 Å². The van der Waals surface area contributed by atoms with Crippen molar-refractivity contribution in [3.05, 3.63) is 16.8 Å². The lowest BCUT2D eigenvalue weighted by molar-refractivity contribution is 0.720. The number of aryl methyl sites for hydroxylation is 2. The SMILES string of the molecule is CCC1CN(c2nc(C)nc3scc(C)c23)CCS1. The van der Waals surface area contributed by atoms with Crippen LogP contribution < -0.4 is 4.90 Å². The minimum absolute atomic E-state index is 0.734. The zero-order valence-electron chi connectivity index (χ0n) is 11.6. The number of thiophene rings is 1. The zero-order valence-corrected chi connectivity index (χ0v) is 13.3. The van der Waals surface area contributed by atoms with E-state index in [2.05, 4.69) is 40.9 Å². The summed E-state index contributed by atoms with van der Waals surface area (Å²) in [6, 6.07) is 0. The fourth-order valence-corrected chi connectivity index (χ4v) is 4.69. The molecule has 1 aliphatic heterocycles. The molecule has 1 aliphatic rings. The predicted molar refractivity (Wildman–Crippen MR) is 85.6 cm³/mol. The molecule has 1 fully saturated rings. The van der Waals surface area contributed by atoms with Crippen molar-refractivity contribution in [2.24, 2.45) is 0 Å². The molecule has 1 unspecified atom stereocenters. The van der Waals surface area contributed by atoms with Crippen molar-refractivity contribution in [2.75, 3.05) is 23.7 Å². The highest BCUT2D eigenvalue weighted by Crippen LogP contribution is 2.34. The van der Waals surface area contributed by atoms with E-state index in [0.717, 1.165) is 34.8 Å². The van der Waals surface area contributed by atoms with Gasteiger partial charge in [0, 0.05) is 24.1 Å². The number of rotatable bonds is 2. The molecule has 0 bridgehead atoms. The Labute approximate surface area is 122 Å². The number of hydrogen-bond donors (Lipinski definition) is 0. The van der Waals surface area contributed by atoms with Gasteiger partial charge in [-0.25, -0.2) is 9.97 Å². The van der Waals surface area contributed by atoms with Gasteiger partial charge >= 0.3 is 0 Å². The van der Waals surface area contributed by atoms with Gasteiger partial charge in [-0.05, 0) is 31.2 Å². The first-order valence-corrected chi connectivity index (χ1v) is 8.71. The Bertz CT molecular complexity index is 594. The summed E-state index contributed by atoms with van der Waals surface area (Å²) < 4.78 is 0. The second-order valence-corrected chi connectivity index (χ2v) is 7.31. The van der Waals surface area contributed by atoms with Crippen LogP contribution in [0.3, 0.4) is 0 Å². The van der Waals surface area contributed by atoms with Crippen LogP contribution in [0.15, 0.2) is 5.38 Å². The average molecular weight is 293 g/mol. The van der Waals surface area contributed by atoms with Gasteiger partial charge in [0.15, 0.2) is 0 Å². The summed E-state index contributed by atoms with van der Waals surface area (Å²) in [6.07, 6.45) is 1.23. The summed E-state index contributed by atoms with van der Waals surface area (Å²) in [6.45, 7) is 8.65. The molecular formula is C14H19N3S2. The van der Waals surface area contributed by atoms with Crippen molar-refractivity contribution in [2.45, 2.75) is 32.4 Å². The highest BCUT2D eigenvalue weighted by Gasteiger charge is 2.23. The highest BCUT2D eigenvalue weighted by molar-refractivity contribution is 8.00. The topological polar surface area (TPSA) is 29.0 Å². The molecule has 2 aromatic rings. The van der Waals surface area contributed by atoms with E-state index in [1.807, 2.05) is 6.92 Å². The maximum atomic E-state index is 4.74. The van der Waals surface area contributed by atoms with Crippen molar-refractivity contribution in [1.29, 1.82) is 0 Å². The maximum Gasteiger partial charge on any atom is 0.141 e. The Hall–Kier alpha value is -0.810. The fourth-order valence-electron chi connectivity index (χ4n) is 2.55. The van der Waals surface area contributed by atoms with Crippen LogP contribution in [0.4, 0.5) is 5.82 Å². The molecule has 3 nitrogen and oxygen atoms in total. The number of hydrogen-bond acceptors (Lipinski definition) is 5. The lowest BCUT2D eigenvalue weighted by Crippen LogP contribution is -2.38. The van der Waals surface area contributed by atoms with Crippen LogP contribution in [0.1, 0.15) is 24.7 Å². The van der Waals surface area contributed by atoms with Crippen LogP contribution in [0.25, 0.3) is 10.2 Å². The van der Waals surface area contributed by atoms with Gasteiger partial charge in [-0.3, -0.25) is 0 Å². The minimum Gasteiger partial charge on any atom is -0.354 e. The van der Waals surface area contributed by atoms with Gasteiger partial charge in [0.1, 0.15) is 16.5 Å². The van der Waals surface area contributed by atoms with Crippen LogP contribution in [-0.2, 0) is 0 Å². The lowest BCUT2D eigenvalue weighted by atomic mass is 10.2. The third kappa shape index (κ3) is 2.46. The Morgan fingerprint density at radius 1 is 1.37 bits per heavy atom. The molecule has 0 N–H and O–H groups in total. The van der Waals surface area contributed by atoms with Gasteiger partial charge in [0.05, 0.1) is 5.39 Å². The first-order valence-electron chi connectivity index (χ1n) is 6.78. The molecule has 3 heterocycles. The summed E-state index contributed by atoms with van der Waals surface area (Å²) in [4.78, 5) is 12.9. The highest BCUT2D eigenvalue weighted by atomic mass is 32.2. The first-order chi connectivity index (χ1) is 9.19. The van der Waals surface area contributed by atoms with E-state index in [4.69, 9.17) is 4.98 Å². The van der Waals surface area contributed by atoms with E-state index < -0.39 is 0 Å². The minimum atomic E-state index is 0.734. The summed E-state index contributed by atoms with van der Waals surface area (Å²) in [5.41, 5.74) is 1.31. The molecule has 19 heavy (non-hydrogen) atoms. The molecule has 0 saturated carbocycles. The third-order valence-corrected chi connectivity index (χ3v) is 5.97. The molecule has 1 saturated heterocycles. The van der Waals surface area contributed by atoms with Crippen molar-refractivity contribution in [3.8, 4) is 0 Å². The Morgan fingerprint density at radius 2 is 2.21 bits per heavy atom. The molecule has 0 spiro atoms.